The smallest absolute Gasteiger partial charge is 0.316 e. The van der Waals surface area contributed by atoms with Gasteiger partial charge in [-0.05, 0) is 36.6 Å². The molecule has 27 heavy (non-hydrogen) atoms. The van der Waals surface area contributed by atoms with Crippen LogP contribution >= 0.6 is 23.4 Å². The minimum absolute atomic E-state index is 0.0886. The van der Waals surface area contributed by atoms with E-state index in [2.05, 4.69) is 5.32 Å². The fourth-order valence-corrected chi connectivity index (χ4v) is 3.84. The van der Waals surface area contributed by atoms with Crippen molar-refractivity contribution >= 4 is 46.0 Å². The summed E-state index contributed by atoms with van der Waals surface area (Å²) in [6, 6.07) is 14.7. The summed E-state index contributed by atoms with van der Waals surface area (Å²) >= 11 is 7.61. The number of amides is 1. The summed E-state index contributed by atoms with van der Waals surface area (Å²) in [6.07, 6.45) is 1.54. The third-order valence-corrected chi connectivity index (χ3v) is 5.22. The number of hydrogen-bond donors (Lipinski definition) is 1. The largest absolute Gasteiger partial charge is 0.467 e. The van der Waals surface area contributed by atoms with E-state index in [0.29, 0.717) is 10.8 Å². The van der Waals surface area contributed by atoms with E-state index in [9.17, 15) is 9.59 Å². The van der Waals surface area contributed by atoms with Crippen LogP contribution in [0.25, 0.3) is 10.8 Å². The molecule has 1 heterocycles. The maximum absolute atomic E-state index is 12.0. The summed E-state index contributed by atoms with van der Waals surface area (Å²) in [5.74, 6) is -0.126. The zero-order valence-corrected chi connectivity index (χ0v) is 16.2. The van der Waals surface area contributed by atoms with Gasteiger partial charge in [0, 0.05) is 15.3 Å². The van der Waals surface area contributed by atoms with Crippen LogP contribution in [-0.2, 0) is 14.3 Å². The van der Waals surface area contributed by atoms with Crippen molar-refractivity contribution in [2.45, 2.75) is 17.9 Å². The van der Waals surface area contributed by atoms with E-state index < -0.39 is 5.97 Å². The molecule has 2 aromatic carbocycles. The highest BCUT2D eigenvalue weighted by Gasteiger charge is 2.14. The molecule has 0 aliphatic heterocycles. The third-order valence-electron chi connectivity index (χ3n) is 3.87. The summed E-state index contributed by atoms with van der Waals surface area (Å²) in [5, 5.41) is 5.26. The number of hydrogen-bond acceptors (Lipinski definition) is 5. The Morgan fingerprint density at radius 3 is 2.70 bits per heavy atom. The third kappa shape index (κ3) is 5.05. The Morgan fingerprint density at radius 2 is 1.96 bits per heavy atom. The highest BCUT2D eigenvalue weighted by Crippen LogP contribution is 2.33. The lowest BCUT2D eigenvalue weighted by Gasteiger charge is -2.12. The number of nitrogens with one attached hydrogen (secondary N) is 1. The van der Waals surface area contributed by atoms with E-state index in [1.165, 1.54) is 18.0 Å². The van der Waals surface area contributed by atoms with E-state index >= 15 is 0 Å². The number of carbonyl (C=O) groups is 2. The minimum Gasteiger partial charge on any atom is -0.467 e. The van der Waals surface area contributed by atoms with Gasteiger partial charge in [-0.25, -0.2) is 0 Å². The summed E-state index contributed by atoms with van der Waals surface area (Å²) in [7, 11) is 0. The molecule has 5 nitrogen and oxygen atoms in total. The molecule has 140 valence electrons. The van der Waals surface area contributed by atoms with Gasteiger partial charge >= 0.3 is 5.97 Å². The fraction of sp³-hybridized carbons (Fsp3) is 0.200. The number of thioether (sulfide) groups is 1. The SMILES string of the molecule is C[C@H](NC(=O)COC(=O)CSc1cccc2cccc(Cl)c12)c1ccco1. The lowest BCUT2D eigenvalue weighted by atomic mass is 10.1. The number of fused-ring (bicyclic) bond motifs is 1. The van der Waals surface area contributed by atoms with Crippen molar-refractivity contribution in [2.24, 2.45) is 0 Å². The Hall–Kier alpha value is -2.44. The molecule has 1 atom stereocenters. The second-order valence-corrected chi connectivity index (χ2v) is 7.27. The van der Waals surface area contributed by atoms with E-state index in [-0.39, 0.29) is 24.3 Å². The fourth-order valence-electron chi connectivity index (χ4n) is 2.60. The highest BCUT2D eigenvalue weighted by atomic mass is 35.5. The number of rotatable bonds is 7. The van der Waals surface area contributed by atoms with Gasteiger partial charge in [0.1, 0.15) is 5.76 Å². The average molecular weight is 404 g/mol. The van der Waals surface area contributed by atoms with Gasteiger partial charge in [0.25, 0.3) is 5.91 Å². The number of halogens is 1. The molecule has 0 bridgehead atoms. The number of ether oxygens (including phenoxy) is 1. The Labute approximate surface area is 166 Å². The van der Waals surface area contributed by atoms with Crippen molar-refractivity contribution in [1.29, 1.82) is 0 Å². The van der Waals surface area contributed by atoms with Crippen molar-refractivity contribution in [3.8, 4) is 0 Å². The van der Waals surface area contributed by atoms with Crippen LogP contribution in [-0.4, -0.2) is 24.2 Å². The molecule has 0 aliphatic carbocycles. The lowest BCUT2D eigenvalue weighted by Crippen LogP contribution is -2.31. The molecular weight excluding hydrogens is 386 g/mol. The quantitative estimate of drug-likeness (QED) is 0.461. The van der Waals surface area contributed by atoms with E-state index in [4.69, 9.17) is 20.8 Å². The van der Waals surface area contributed by atoms with Crippen LogP contribution in [0.5, 0.6) is 0 Å². The Bertz CT molecular complexity index is 937. The molecule has 0 spiro atoms. The van der Waals surface area contributed by atoms with Crippen LogP contribution in [0.2, 0.25) is 5.02 Å². The Kier molecular flexibility index (Phi) is 6.42. The molecule has 3 rings (SSSR count). The summed E-state index contributed by atoms with van der Waals surface area (Å²) in [6.45, 7) is 1.46. The molecule has 0 fully saturated rings. The van der Waals surface area contributed by atoms with Crippen molar-refractivity contribution in [3.63, 3.8) is 0 Å². The summed E-state index contributed by atoms with van der Waals surface area (Å²) in [5.41, 5.74) is 0. The number of benzene rings is 2. The predicted molar refractivity (Wildman–Crippen MR) is 106 cm³/mol. The van der Waals surface area contributed by atoms with Crippen molar-refractivity contribution < 1.29 is 18.7 Å². The van der Waals surface area contributed by atoms with Gasteiger partial charge in [-0.2, -0.15) is 0 Å². The van der Waals surface area contributed by atoms with Gasteiger partial charge in [-0.15, -0.1) is 11.8 Å². The maximum atomic E-state index is 12.0. The van der Waals surface area contributed by atoms with Gasteiger partial charge in [-0.3, -0.25) is 9.59 Å². The van der Waals surface area contributed by atoms with Crippen molar-refractivity contribution in [3.05, 3.63) is 65.6 Å². The monoisotopic (exact) mass is 403 g/mol. The van der Waals surface area contributed by atoms with Crippen molar-refractivity contribution in [2.75, 3.05) is 12.4 Å². The second-order valence-electron chi connectivity index (χ2n) is 5.85. The summed E-state index contributed by atoms with van der Waals surface area (Å²) in [4.78, 5) is 24.8. The number of carbonyl (C=O) groups excluding carboxylic acids is 2. The second kappa shape index (κ2) is 8.97. The molecular formula is C20H18ClNO4S. The molecule has 0 saturated heterocycles. The molecule has 1 aromatic heterocycles. The van der Waals surface area contributed by atoms with E-state index in [1.807, 2.05) is 36.4 Å². The van der Waals surface area contributed by atoms with E-state index in [1.54, 1.807) is 19.1 Å². The van der Waals surface area contributed by atoms with Crippen molar-refractivity contribution in [1.82, 2.24) is 5.32 Å². The first kappa shape index (κ1) is 19.3. The van der Waals surface area contributed by atoms with Crippen LogP contribution in [0.3, 0.4) is 0 Å². The Morgan fingerprint density at radius 1 is 1.19 bits per heavy atom. The molecule has 0 aliphatic rings. The van der Waals surface area contributed by atoms with Gasteiger partial charge in [0.15, 0.2) is 6.61 Å². The predicted octanol–water partition coefficient (Wildman–Crippen LogP) is 4.60. The molecule has 7 heteroatoms. The normalized spacial score (nSPS) is 11.9. The van der Waals surface area contributed by atoms with Gasteiger partial charge < -0.3 is 14.5 Å². The van der Waals surface area contributed by atoms with Crippen LogP contribution in [0.4, 0.5) is 0 Å². The zero-order chi connectivity index (χ0) is 19.2. The highest BCUT2D eigenvalue weighted by molar-refractivity contribution is 8.00. The van der Waals surface area contributed by atoms with Crippen LogP contribution in [0, 0.1) is 0 Å². The van der Waals surface area contributed by atoms with Crippen LogP contribution in [0.1, 0.15) is 18.7 Å². The summed E-state index contributed by atoms with van der Waals surface area (Å²) < 4.78 is 10.3. The molecule has 0 unspecified atom stereocenters. The lowest BCUT2D eigenvalue weighted by molar-refractivity contribution is -0.146. The average Bonchev–Trinajstić information content (AvgIpc) is 3.20. The number of esters is 1. The molecule has 0 saturated carbocycles. The minimum atomic E-state index is -0.468. The molecule has 3 aromatic rings. The van der Waals surface area contributed by atoms with Gasteiger partial charge in [0.2, 0.25) is 0 Å². The first-order valence-corrected chi connectivity index (χ1v) is 9.69. The van der Waals surface area contributed by atoms with Gasteiger partial charge in [0.05, 0.1) is 18.1 Å². The molecule has 1 amide bonds. The van der Waals surface area contributed by atoms with Crippen LogP contribution < -0.4 is 5.32 Å². The Balaban J connectivity index is 1.50. The first-order valence-electron chi connectivity index (χ1n) is 8.33. The van der Waals surface area contributed by atoms with E-state index in [0.717, 1.165) is 15.7 Å². The van der Waals surface area contributed by atoms with Crippen LogP contribution in [0.15, 0.2) is 64.1 Å². The standard InChI is InChI=1S/C20H18ClNO4S/c1-13(16-8-4-10-25-16)22-18(23)11-26-19(24)12-27-17-9-3-6-14-5-2-7-15(21)20(14)17/h2-10,13H,11-12H2,1H3,(H,22,23)/t13-/m0/s1. The maximum Gasteiger partial charge on any atom is 0.316 e. The molecule has 1 N–H and O–H groups in total. The van der Waals surface area contributed by atoms with Gasteiger partial charge in [-0.1, -0.05) is 35.9 Å². The number of furan rings is 1. The first-order chi connectivity index (χ1) is 13.0. The topological polar surface area (TPSA) is 68.5 Å². The zero-order valence-electron chi connectivity index (χ0n) is 14.6. The molecule has 0 radical (unpaired) electrons.